The molecule has 2 nitrogen and oxygen atoms in total. The summed E-state index contributed by atoms with van der Waals surface area (Å²) >= 11 is 0. The largest absolute Gasteiger partial charge is 0.316 e. The van der Waals surface area contributed by atoms with Crippen molar-refractivity contribution in [1.82, 2.24) is 10.2 Å². The maximum Gasteiger partial charge on any atom is 0.00477 e. The number of likely N-dealkylation sites (N-methyl/N-ethyl adjacent to an activating group) is 1. The van der Waals surface area contributed by atoms with Gasteiger partial charge >= 0.3 is 0 Å². The highest BCUT2D eigenvalue weighted by atomic mass is 15.1. The molecule has 2 saturated heterocycles. The molecule has 3 rings (SSSR count). The first kappa shape index (κ1) is 12.2. The van der Waals surface area contributed by atoms with Gasteiger partial charge in [0.1, 0.15) is 0 Å². The molecule has 0 bridgehead atoms. The molecule has 2 aliphatic heterocycles. The molecule has 2 heterocycles. The quantitative estimate of drug-likeness (QED) is 0.877. The van der Waals surface area contributed by atoms with E-state index in [1.807, 2.05) is 0 Å². The standard InChI is InChI=1S/C16H24N2/c1-18-9-7-16(12-18)15-4-2-13(3-5-15)10-14-6-8-17-11-14/h2-5,14,16-17H,6-12H2,1H3. The molecule has 2 heteroatoms. The molecule has 0 aliphatic carbocycles. The fraction of sp³-hybridized carbons (Fsp3) is 0.625. The van der Waals surface area contributed by atoms with Crippen molar-refractivity contribution in [1.29, 1.82) is 0 Å². The van der Waals surface area contributed by atoms with Crippen LogP contribution >= 0.6 is 0 Å². The molecule has 1 aromatic carbocycles. The topological polar surface area (TPSA) is 15.3 Å². The van der Waals surface area contributed by atoms with E-state index < -0.39 is 0 Å². The Balaban J connectivity index is 1.61. The molecule has 0 radical (unpaired) electrons. The lowest BCUT2D eigenvalue weighted by molar-refractivity contribution is 0.411. The van der Waals surface area contributed by atoms with Crippen molar-refractivity contribution >= 4 is 0 Å². The average molecular weight is 244 g/mol. The van der Waals surface area contributed by atoms with Crippen molar-refractivity contribution in [2.75, 3.05) is 33.2 Å². The maximum atomic E-state index is 3.45. The van der Waals surface area contributed by atoms with Gasteiger partial charge in [-0.25, -0.2) is 0 Å². The zero-order valence-electron chi connectivity index (χ0n) is 11.4. The third kappa shape index (κ3) is 2.76. The Kier molecular flexibility index (Phi) is 3.67. The number of hydrogen-bond donors (Lipinski definition) is 1. The van der Waals surface area contributed by atoms with E-state index in [1.54, 1.807) is 0 Å². The summed E-state index contributed by atoms with van der Waals surface area (Å²) in [4.78, 5) is 2.43. The van der Waals surface area contributed by atoms with E-state index in [-0.39, 0.29) is 0 Å². The Hall–Kier alpha value is -0.860. The highest BCUT2D eigenvalue weighted by Gasteiger charge is 2.21. The Labute approximate surface area is 110 Å². The van der Waals surface area contributed by atoms with Gasteiger partial charge in [-0.05, 0) is 68.9 Å². The first-order valence-electron chi connectivity index (χ1n) is 7.29. The normalized spacial score (nSPS) is 28.9. The van der Waals surface area contributed by atoms with Crippen LogP contribution in [0.4, 0.5) is 0 Å². The lowest BCUT2D eigenvalue weighted by Crippen LogP contribution is -2.13. The molecule has 2 atom stereocenters. The summed E-state index contributed by atoms with van der Waals surface area (Å²) in [6, 6.07) is 9.43. The van der Waals surface area contributed by atoms with Crippen LogP contribution in [0.5, 0.6) is 0 Å². The highest BCUT2D eigenvalue weighted by molar-refractivity contribution is 5.26. The fourth-order valence-electron chi connectivity index (χ4n) is 3.35. The third-order valence-corrected chi connectivity index (χ3v) is 4.53. The van der Waals surface area contributed by atoms with E-state index in [9.17, 15) is 0 Å². The average Bonchev–Trinajstić information content (AvgIpc) is 3.02. The van der Waals surface area contributed by atoms with Gasteiger partial charge in [0.25, 0.3) is 0 Å². The summed E-state index contributed by atoms with van der Waals surface area (Å²) in [6.07, 6.45) is 3.91. The molecular formula is C16H24N2. The first-order chi connectivity index (χ1) is 8.81. The Morgan fingerprint density at radius 1 is 1.22 bits per heavy atom. The molecule has 18 heavy (non-hydrogen) atoms. The molecule has 2 aliphatic rings. The van der Waals surface area contributed by atoms with Crippen LogP contribution in [0.1, 0.15) is 29.9 Å². The van der Waals surface area contributed by atoms with Gasteiger partial charge in [-0.1, -0.05) is 24.3 Å². The van der Waals surface area contributed by atoms with Gasteiger partial charge in [-0.2, -0.15) is 0 Å². The number of hydrogen-bond acceptors (Lipinski definition) is 2. The van der Waals surface area contributed by atoms with Crippen LogP contribution in [0.3, 0.4) is 0 Å². The molecule has 2 unspecified atom stereocenters. The van der Waals surface area contributed by atoms with Crippen LogP contribution in [-0.2, 0) is 6.42 Å². The minimum Gasteiger partial charge on any atom is -0.316 e. The summed E-state index contributed by atoms with van der Waals surface area (Å²) < 4.78 is 0. The number of nitrogens with one attached hydrogen (secondary N) is 1. The Bertz CT molecular complexity index is 379. The van der Waals surface area contributed by atoms with E-state index in [0.29, 0.717) is 0 Å². The number of likely N-dealkylation sites (tertiary alicyclic amines) is 1. The lowest BCUT2D eigenvalue weighted by atomic mass is 9.94. The van der Waals surface area contributed by atoms with Crippen LogP contribution in [0.15, 0.2) is 24.3 Å². The van der Waals surface area contributed by atoms with E-state index in [0.717, 1.165) is 11.8 Å². The molecule has 1 aromatic rings. The Morgan fingerprint density at radius 3 is 2.67 bits per heavy atom. The Morgan fingerprint density at radius 2 is 2.06 bits per heavy atom. The predicted octanol–water partition coefficient (Wildman–Crippen LogP) is 2.26. The van der Waals surface area contributed by atoms with Crippen molar-refractivity contribution in [3.8, 4) is 0 Å². The third-order valence-electron chi connectivity index (χ3n) is 4.53. The SMILES string of the molecule is CN1CCC(c2ccc(CC3CCNC3)cc2)C1. The zero-order valence-corrected chi connectivity index (χ0v) is 11.4. The summed E-state index contributed by atoms with van der Waals surface area (Å²) in [5.41, 5.74) is 3.05. The van der Waals surface area contributed by atoms with Crippen LogP contribution < -0.4 is 5.32 Å². The van der Waals surface area contributed by atoms with E-state index >= 15 is 0 Å². The summed E-state index contributed by atoms with van der Waals surface area (Å²) in [5, 5.41) is 3.45. The molecule has 0 spiro atoms. The van der Waals surface area contributed by atoms with Crippen LogP contribution in [0.2, 0.25) is 0 Å². The number of benzene rings is 1. The van der Waals surface area contributed by atoms with E-state index in [2.05, 4.69) is 41.5 Å². The first-order valence-corrected chi connectivity index (χ1v) is 7.29. The monoisotopic (exact) mass is 244 g/mol. The molecule has 0 aromatic heterocycles. The fourth-order valence-corrected chi connectivity index (χ4v) is 3.35. The van der Waals surface area contributed by atoms with Gasteiger partial charge in [-0.3, -0.25) is 0 Å². The van der Waals surface area contributed by atoms with Gasteiger partial charge < -0.3 is 10.2 Å². The molecule has 0 saturated carbocycles. The van der Waals surface area contributed by atoms with E-state index in [1.165, 1.54) is 56.6 Å². The minimum atomic E-state index is 0.761. The number of nitrogens with zero attached hydrogens (tertiary/aromatic N) is 1. The number of rotatable bonds is 3. The minimum absolute atomic E-state index is 0.761. The second-order valence-electron chi connectivity index (χ2n) is 6.05. The molecule has 0 amide bonds. The van der Waals surface area contributed by atoms with Crippen molar-refractivity contribution in [2.24, 2.45) is 5.92 Å². The van der Waals surface area contributed by atoms with Crippen molar-refractivity contribution in [3.05, 3.63) is 35.4 Å². The second-order valence-corrected chi connectivity index (χ2v) is 6.05. The van der Waals surface area contributed by atoms with Crippen LogP contribution in [0, 0.1) is 5.92 Å². The predicted molar refractivity (Wildman–Crippen MR) is 76.0 cm³/mol. The van der Waals surface area contributed by atoms with E-state index in [4.69, 9.17) is 0 Å². The van der Waals surface area contributed by atoms with Gasteiger partial charge in [0.2, 0.25) is 0 Å². The summed E-state index contributed by atoms with van der Waals surface area (Å²) in [6.45, 7) is 4.89. The highest BCUT2D eigenvalue weighted by Crippen LogP contribution is 2.26. The zero-order chi connectivity index (χ0) is 12.4. The van der Waals surface area contributed by atoms with Crippen molar-refractivity contribution in [3.63, 3.8) is 0 Å². The summed E-state index contributed by atoms with van der Waals surface area (Å²) in [7, 11) is 2.22. The van der Waals surface area contributed by atoms with Crippen molar-refractivity contribution < 1.29 is 0 Å². The maximum absolute atomic E-state index is 3.45. The lowest BCUT2D eigenvalue weighted by Gasteiger charge is -2.13. The molecule has 2 fully saturated rings. The molecule has 98 valence electrons. The van der Waals surface area contributed by atoms with Gasteiger partial charge in [-0.15, -0.1) is 0 Å². The van der Waals surface area contributed by atoms with Crippen LogP contribution in [-0.4, -0.2) is 38.1 Å². The smallest absolute Gasteiger partial charge is 0.00477 e. The molecular weight excluding hydrogens is 220 g/mol. The molecule has 1 N–H and O–H groups in total. The summed E-state index contributed by atoms with van der Waals surface area (Å²) in [5.74, 6) is 1.62. The van der Waals surface area contributed by atoms with Gasteiger partial charge in [0.05, 0.1) is 0 Å². The van der Waals surface area contributed by atoms with Gasteiger partial charge in [0, 0.05) is 6.54 Å². The van der Waals surface area contributed by atoms with Gasteiger partial charge in [0.15, 0.2) is 0 Å². The van der Waals surface area contributed by atoms with Crippen LogP contribution in [0.25, 0.3) is 0 Å². The van der Waals surface area contributed by atoms with Crippen molar-refractivity contribution in [2.45, 2.75) is 25.2 Å². The second kappa shape index (κ2) is 5.41.